The van der Waals surface area contributed by atoms with Gasteiger partial charge in [-0.2, -0.15) is 0 Å². The Morgan fingerprint density at radius 3 is 2.08 bits per heavy atom. The predicted molar refractivity (Wildman–Crippen MR) is 83.6 cm³/mol. The fraction of sp³-hybridized carbons (Fsp3) is 0.176. The standard InChI is InChI=1S/C17H16F2N2O3/c18-13-3-1-12(2-4-13)17(23)21-11-16(22)20-9-10-24-15-7-5-14(19)6-8-15/h1-8H,9-11H2,(H,20,22)(H,21,23). The quantitative estimate of drug-likeness (QED) is 0.760. The van der Waals surface area contributed by atoms with Gasteiger partial charge in [-0.15, -0.1) is 0 Å². The lowest BCUT2D eigenvalue weighted by Crippen LogP contribution is -2.38. The molecule has 24 heavy (non-hydrogen) atoms. The van der Waals surface area contributed by atoms with Gasteiger partial charge >= 0.3 is 0 Å². The minimum atomic E-state index is -0.465. The highest BCUT2D eigenvalue weighted by Crippen LogP contribution is 2.10. The van der Waals surface area contributed by atoms with E-state index in [0.717, 1.165) is 0 Å². The van der Waals surface area contributed by atoms with Crippen molar-refractivity contribution in [1.82, 2.24) is 10.6 Å². The first-order valence-electron chi connectivity index (χ1n) is 7.23. The molecule has 5 nitrogen and oxygen atoms in total. The highest BCUT2D eigenvalue weighted by Gasteiger charge is 2.07. The molecule has 2 aromatic carbocycles. The molecule has 0 aromatic heterocycles. The third kappa shape index (κ3) is 5.68. The van der Waals surface area contributed by atoms with E-state index in [4.69, 9.17) is 4.74 Å². The summed E-state index contributed by atoms with van der Waals surface area (Å²) < 4.78 is 30.8. The predicted octanol–water partition coefficient (Wildman–Crippen LogP) is 1.89. The van der Waals surface area contributed by atoms with Crippen LogP contribution in [0.1, 0.15) is 10.4 Å². The lowest BCUT2D eigenvalue weighted by Gasteiger charge is -2.08. The van der Waals surface area contributed by atoms with Crippen molar-refractivity contribution < 1.29 is 23.1 Å². The summed E-state index contributed by atoms with van der Waals surface area (Å²) in [5.41, 5.74) is 0.267. The van der Waals surface area contributed by atoms with Crippen molar-refractivity contribution in [3.8, 4) is 5.75 Å². The first-order chi connectivity index (χ1) is 11.5. The van der Waals surface area contributed by atoms with Gasteiger partial charge in [0, 0.05) is 5.56 Å². The zero-order valence-corrected chi connectivity index (χ0v) is 12.7. The van der Waals surface area contributed by atoms with E-state index in [0.29, 0.717) is 5.75 Å². The molecular weight excluding hydrogens is 318 g/mol. The van der Waals surface area contributed by atoms with E-state index in [2.05, 4.69) is 10.6 Å². The second-order valence-electron chi connectivity index (χ2n) is 4.84. The summed E-state index contributed by atoms with van der Waals surface area (Å²) in [7, 11) is 0. The van der Waals surface area contributed by atoms with Crippen LogP contribution in [0.3, 0.4) is 0 Å². The third-order valence-corrected chi connectivity index (χ3v) is 3.02. The molecule has 0 unspecified atom stereocenters. The monoisotopic (exact) mass is 334 g/mol. The first-order valence-corrected chi connectivity index (χ1v) is 7.23. The summed E-state index contributed by atoms with van der Waals surface area (Å²) in [5, 5.41) is 4.99. The van der Waals surface area contributed by atoms with Crippen molar-refractivity contribution in [3.05, 3.63) is 65.7 Å². The maximum absolute atomic E-state index is 12.8. The van der Waals surface area contributed by atoms with E-state index in [9.17, 15) is 18.4 Å². The molecular formula is C17H16F2N2O3. The topological polar surface area (TPSA) is 67.4 Å². The molecule has 0 radical (unpaired) electrons. The number of nitrogens with one attached hydrogen (secondary N) is 2. The van der Waals surface area contributed by atoms with Gasteiger partial charge in [0.15, 0.2) is 0 Å². The molecule has 0 bridgehead atoms. The minimum absolute atomic E-state index is 0.202. The van der Waals surface area contributed by atoms with Gasteiger partial charge in [-0.25, -0.2) is 8.78 Å². The fourth-order valence-corrected chi connectivity index (χ4v) is 1.82. The summed E-state index contributed by atoms with van der Waals surface area (Å²) in [6.07, 6.45) is 0. The number of hydrogen-bond donors (Lipinski definition) is 2. The van der Waals surface area contributed by atoms with Crippen LogP contribution in [0.5, 0.6) is 5.75 Å². The van der Waals surface area contributed by atoms with Gasteiger partial charge < -0.3 is 15.4 Å². The van der Waals surface area contributed by atoms with Crippen LogP contribution in [-0.4, -0.2) is 31.5 Å². The summed E-state index contributed by atoms with van der Waals surface area (Å²) >= 11 is 0. The normalized spacial score (nSPS) is 10.1. The molecule has 7 heteroatoms. The minimum Gasteiger partial charge on any atom is -0.492 e. The molecule has 0 heterocycles. The van der Waals surface area contributed by atoms with E-state index >= 15 is 0 Å². The summed E-state index contributed by atoms with van der Waals surface area (Å²) in [5.74, 6) is -1.14. The van der Waals surface area contributed by atoms with Gasteiger partial charge in [0.1, 0.15) is 24.0 Å². The molecule has 2 aromatic rings. The van der Waals surface area contributed by atoms with Crippen molar-refractivity contribution in [2.75, 3.05) is 19.7 Å². The Labute approximate surface area is 137 Å². The number of rotatable bonds is 7. The smallest absolute Gasteiger partial charge is 0.251 e. The Morgan fingerprint density at radius 1 is 0.875 bits per heavy atom. The Hall–Kier alpha value is -2.96. The SMILES string of the molecule is O=C(CNC(=O)c1ccc(F)cc1)NCCOc1ccc(F)cc1. The Bertz CT molecular complexity index is 688. The average molecular weight is 334 g/mol. The van der Waals surface area contributed by atoms with Crippen LogP contribution in [-0.2, 0) is 4.79 Å². The maximum Gasteiger partial charge on any atom is 0.251 e. The van der Waals surface area contributed by atoms with Crippen LogP contribution in [0, 0.1) is 11.6 Å². The molecule has 0 aliphatic heterocycles. The molecule has 0 saturated carbocycles. The maximum atomic E-state index is 12.8. The van der Waals surface area contributed by atoms with E-state index < -0.39 is 11.7 Å². The lowest BCUT2D eigenvalue weighted by atomic mass is 10.2. The molecule has 0 fully saturated rings. The zero-order chi connectivity index (χ0) is 17.4. The molecule has 0 atom stereocenters. The van der Waals surface area contributed by atoms with Gasteiger partial charge in [-0.1, -0.05) is 0 Å². The zero-order valence-electron chi connectivity index (χ0n) is 12.7. The van der Waals surface area contributed by atoms with Crippen LogP contribution in [0.2, 0.25) is 0 Å². The highest BCUT2D eigenvalue weighted by atomic mass is 19.1. The number of ether oxygens (including phenoxy) is 1. The van der Waals surface area contributed by atoms with Gasteiger partial charge in [0.25, 0.3) is 5.91 Å². The highest BCUT2D eigenvalue weighted by molar-refractivity contribution is 5.96. The average Bonchev–Trinajstić information content (AvgIpc) is 2.59. The third-order valence-electron chi connectivity index (χ3n) is 3.02. The summed E-state index contributed by atoms with van der Waals surface area (Å²) in [6.45, 7) is 0.249. The van der Waals surface area contributed by atoms with Crippen molar-refractivity contribution in [2.24, 2.45) is 0 Å². The number of carbonyl (C=O) groups is 2. The van der Waals surface area contributed by atoms with Crippen molar-refractivity contribution in [2.45, 2.75) is 0 Å². The van der Waals surface area contributed by atoms with E-state index in [1.54, 1.807) is 0 Å². The van der Waals surface area contributed by atoms with Crippen molar-refractivity contribution >= 4 is 11.8 Å². The van der Waals surface area contributed by atoms with Crippen LogP contribution >= 0.6 is 0 Å². The molecule has 126 valence electrons. The molecule has 0 aliphatic rings. The summed E-state index contributed by atoms with van der Waals surface area (Å²) in [6, 6.07) is 10.5. The Morgan fingerprint density at radius 2 is 1.46 bits per heavy atom. The largest absolute Gasteiger partial charge is 0.492 e. The van der Waals surface area contributed by atoms with Crippen molar-refractivity contribution in [1.29, 1.82) is 0 Å². The number of amides is 2. The molecule has 2 rings (SSSR count). The Kier molecular flexibility index (Phi) is 6.24. The van der Waals surface area contributed by atoms with Crippen LogP contribution in [0.4, 0.5) is 8.78 Å². The molecule has 2 N–H and O–H groups in total. The molecule has 0 saturated heterocycles. The molecule has 2 amide bonds. The van der Waals surface area contributed by atoms with Crippen LogP contribution in [0.15, 0.2) is 48.5 Å². The van der Waals surface area contributed by atoms with E-state index in [1.807, 2.05) is 0 Å². The van der Waals surface area contributed by atoms with Crippen molar-refractivity contribution in [3.63, 3.8) is 0 Å². The van der Waals surface area contributed by atoms with E-state index in [-0.39, 0.29) is 37.0 Å². The van der Waals surface area contributed by atoms with Gasteiger partial charge in [0.2, 0.25) is 5.91 Å². The second kappa shape index (κ2) is 8.61. The summed E-state index contributed by atoms with van der Waals surface area (Å²) in [4.78, 5) is 23.3. The lowest BCUT2D eigenvalue weighted by molar-refractivity contribution is -0.120. The molecule has 0 spiro atoms. The number of halogens is 2. The first kappa shape index (κ1) is 17.4. The molecule has 0 aliphatic carbocycles. The second-order valence-corrected chi connectivity index (χ2v) is 4.84. The number of carbonyl (C=O) groups excluding carboxylic acids is 2. The fourth-order valence-electron chi connectivity index (χ4n) is 1.82. The van der Waals surface area contributed by atoms with Gasteiger partial charge in [-0.3, -0.25) is 9.59 Å². The Balaban J connectivity index is 1.63. The van der Waals surface area contributed by atoms with Gasteiger partial charge in [0.05, 0.1) is 13.1 Å². The number of benzene rings is 2. The number of hydrogen-bond acceptors (Lipinski definition) is 3. The van der Waals surface area contributed by atoms with Crippen LogP contribution in [0.25, 0.3) is 0 Å². The van der Waals surface area contributed by atoms with Crippen LogP contribution < -0.4 is 15.4 Å². The van der Waals surface area contributed by atoms with Gasteiger partial charge in [-0.05, 0) is 48.5 Å². The van der Waals surface area contributed by atoms with E-state index in [1.165, 1.54) is 48.5 Å².